The third kappa shape index (κ3) is 4.80. The number of fused-ring (bicyclic) bond motifs is 3. The first-order chi connectivity index (χ1) is 15.5. The Morgan fingerprint density at radius 3 is 2.06 bits per heavy atom. The molecule has 0 aliphatic heterocycles. The van der Waals surface area contributed by atoms with E-state index in [1.54, 1.807) is 13.0 Å². The number of carbonyl (C=O) groups is 2. The number of aliphatic carboxylic acids is 1. The molecule has 32 heavy (non-hydrogen) atoms. The molecule has 0 unspecified atom stereocenters. The first-order valence-corrected chi connectivity index (χ1v) is 10.8. The molecule has 0 heterocycles. The van der Waals surface area contributed by atoms with Gasteiger partial charge in [0.2, 0.25) is 0 Å². The number of benzene rings is 3. The van der Waals surface area contributed by atoms with Crippen molar-refractivity contribution in [2.75, 3.05) is 6.61 Å². The molecule has 0 amide bonds. The number of carboxylic acid groups (broad SMARTS) is 1. The first kappa shape index (κ1) is 21.6. The van der Waals surface area contributed by atoms with Crippen LogP contribution >= 0.6 is 0 Å². The van der Waals surface area contributed by atoms with E-state index < -0.39 is 11.9 Å². The zero-order valence-corrected chi connectivity index (χ0v) is 18.0. The topological polar surface area (TPSA) is 63.6 Å². The summed E-state index contributed by atoms with van der Waals surface area (Å²) in [6.07, 6.45) is 2.13. The fourth-order valence-electron chi connectivity index (χ4n) is 4.38. The van der Waals surface area contributed by atoms with Gasteiger partial charge in [-0.2, -0.15) is 0 Å². The minimum atomic E-state index is -0.902. The second kappa shape index (κ2) is 9.65. The van der Waals surface area contributed by atoms with Crippen molar-refractivity contribution in [3.05, 3.63) is 107 Å². The van der Waals surface area contributed by atoms with Gasteiger partial charge in [0, 0.05) is 5.92 Å². The highest BCUT2D eigenvalue weighted by Crippen LogP contribution is 2.44. The fourth-order valence-corrected chi connectivity index (χ4v) is 4.38. The van der Waals surface area contributed by atoms with E-state index in [1.807, 2.05) is 54.6 Å². The van der Waals surface area contributed by atoms with Gasteiger partial charge in [-0.25, -0.2) is 0 Å². The van der Waals surface area contributed by atoms with Crippen LogP contribution in [0.2, 0.25) is 0 Å². The molecule has 1 N–H and O–H groups in total. The molecule has 1 aliphatic rings. The molecule has 0 saturated heterocycles. The molecule has 3 aromatic carbocycles. The average Bonchev–Trinajstić information content (AvgIpc) is 3.11. The Labute approximate surface area is 188 Å². The standard InChI is InChI=1S/C28H26O4/c1-19(15-21(28(30)31)17-20-9-3-2-4-10-20)16-27(29)32-18-26-24-13-7-5-11-22(24)23-12-6-8-14-25(23)26/h2-15,21,26H,16-18H2,1H3,(H,30,31)/b19-15+/t21-/m0/s1. The monoisotopic (exact) mass is 426 g/mol. The number of rotatable bonds is 8. The van der Waals surface area contributed by atoms with Crippen LogP contribution in [0, 0.1) is 5.92 Å². The van der Waals surface area contributed by atoms with Crippen molar-refractivity contribution >= 4 is 11.9 Å². The summed E-state index contributed by atoms with van der Waals surface area (Å²) in [4.78, 5) is 24.2. The smallest absolute Gasteiger partial charge is 0.310 e. The second-order valence-electron chi connectivity index (χ2n) is 8.23. The van der Waals surface area contributed by atoms with Gasteiger partial charge in [0.25, 0.3) is 0 Å². The van der Waals surface area contributed by atoms with Gasteiger partial charge in [0.05, 0.1) is 12.3 Å². The molecule has 4 nitrogen and oxygen atoms in total. The van der Waals surface area contributed by atoms with Gasteiger partial charge < -0.3 is 9.84 Å². The van der Waals surface area contributed by atoms with Crippen molar-refractivity contribution in [3.63, 3.8) is 0 Å². The van der Waals surface area contributed by atoms with Crippen LogP contribution in [-0.4, -0.2) is 23.7 Å². The van der Waals surface area contributed by atoms with Crippen LogP contribution in [-0.2, 0) is 20.7 Å². The van der Waals surface area contributed by atoms with E-state index in [0.29, 0.717) is 12.0 Å². The summed E-state index contributed by atoms with van der Waals surface area (Å²) >= 11 is 0. The number of esters is 1. The molecule has 1 atom stereocenters. The van der Waals surface area contributed by atoms with Gasteiger partial charge in [-0.1, -0.05) is 90.5 Å². The lowest BCUT2D eigenvalue weighted by molar-refractivity contribution is -0.143. The Kier molecular flexibility index (Phi) is 6.50. The largest absolute Gasteiger partial charge is 0.481 e. The summed E-state index contributed by atoms with van der Waals surface area (Å²) in [6, 6.07) is 25.9. The molecule has 4 rings (SSSR count). The molecule has 0 bridgehead atoms. The summed E-state index contributed by atoms with van der Waals surface area (Å²) in [6.45, 7) is 2.05. The van der Waals surface area contributed by atoms with Gasteiger partial charge in [0.15, 0.2) is 0 Å². The number of carboxylic acids is 1. The molecule has 1 aliphatic carbocycles. The van der Waals surface area contributed by atoms with Crippen LogP contribution < -0.4 is 0 Å². The van der Waals surface area contributed by atoms with E-state index in [4.69, 9.17) is 4.74 Å². The fraction of sp³-hybridized carbons (Fsp3) is 0.214. The zero-order valence-electron chi connectivity index (χ0n) is 18.0. The summed E-state index contributed by atoms with van der Waals surface area (Å²) in [5.41, 5.74) is 6.36. The average molecular weight is 427 g/mol. The Morgan fingerprint density at radius 2 is 1.47 bits per heavy atom. The second-order valence-corrected chi connectivity index (χ2v) is 8.23. The van der Waals surface area contributed by atoms with Crippen molar-refractivity contribution in [1.29, 1.82) is 0 Å². The molecular weight excluding hydrogens is 400 g/mol. The Balaban J connectivity index is 1.40. The SMILES string of the molecule is C/C(=C\[C@@H](Cc1ccccc1)C(=O)O)CC(=O)OCC1c2ccccc2-c2ccccc21. The summed E-state index contributed by atoms with van der Waals surface area (Å²) in [5.74, 6) is -1.91. The lowest BCUT2D eigenvalue weighted by Gasteiger charge is -2.15. The van der Waals surface area contributed by atoms with E-state index in [0.717, 1.165) is 5.56 Å². The summed E-state index contributed by atoms with van der Waals surface area (Å²) in [7, 11) is 0. The van der Waals surface area contributed by atoms with Crippen molar-refractivity contribution in [3.8, 4) is 11.1 Å². The minimum Gasteiger partial charge on any atom is -0.481 e. The highest BCUT2D eigenvalue weighted by Gasteiger charge is 2.29. The normalized spacial score (nSPS) is 13.8. The number of carbonyl (C=O) groups excluding carboxylic acids is 1. The van der Waals surface area contributed by atoms with Gasteiger partial charge in [0.1, 0.15) is 6.61 Å². The van der Waals surface area contributed by atoms with Crippen LogP contribution in [0.5, 0.6) is 0 Å². The highest BCUT2D eigenvalue weighted by molar-refractivity contribution is 5.79. The molecule has 3 aromatic rings. The Hall–Kier alpha value is -3.66. The first-order valence-electron chi connectivity index (χ1n) is 10.8. The van der Waals surface area contributed by atoms with E-state index in [-0.39, 0.29) is 24.9 Å². The predicted molar refractivity (Wildman–Crippen MR) is 124 cm³/mol. The summed E-state index contributed by atoms with van der Waals surface area (Å²) < 4.78 is 5.64. The highest BCUT2D eigenvalue weighted by atomic mass is 16.5. The molecule has 0 aromatic heterocycles. The van der Waals surface area contributed by atoms with Gasteiger partial charge in [-0.3, -0.25) is 9.59 Å². The predicted octanol–water partition coefficient (Wildman–Crippen LogP) is 5.62. The van der Waals surface area contributed by atoms with Gasteiger partial charge in [-0.15, -0.1) is 0 Å². The van der Waals surface area contributed by atoms with Crippen LogP contribution in [0.15, 0.2) is 90.5 Å². The molecule has 0 spiro atoms. The maximum absolute atomic E-state index is 12.5. The van der Waals surface area contributed by atoms with Crippen molar-refractivity contribution in [2.45, 2.75) is 25.7 Å². The maximum Gasteiger partial charge on any atom is 0.310 e. The lowest BCUT2D eigenvalue weighted by Crippen LogP contribution is -2.16. The Morgan fingerprint density at radius 1 is 0.906 bits per heavy atom. The third-order valence-corrected chi connectivity index (χ3v) is 5.90. The van der Waals surface area contributed by atoms with E-state index in [1.165, 1.54) is 22.3 Å². The van der Waals surface area contributed by atoms with E-state index in [9.17, 15) is 14.7 Å². The zero-order chi connectivity index (χ0) is 22.5. The van der Waals surface area contributed by atoms with E-state index in [2.05, 4.69) is 24.3 Å². The molecule has 4 heteroatoms. The van der Waals surface area contributed by atoms with Crippen LogP contribution in [0.4, 0.5) is 0 Å². The maximum atomic E-state index is 12.5. The van der Waals surface area contributed by atoms with Crippen molar-refractivity contribution in [1.82, 2.24) is 0 Å². The minimum absolute atomic E-state index is 0.0143. The van der Waals surface area contributed by atoms with Crippen LogP contribution in [0.25, 0.3) is 11.1 Å². The number of hydrogen-bond acceptors (Lipinski definition) is 3. The molecular formula is C28H26O4. The van der Waals surface area contributed by atoms with E-state index >= 15 is 0 Å². The van der Waals surface area contributed by atoms with Crippen LogP contribution in [0.3, 0.4) is 0 Å². The quantitative estimate of drug-likeness (QED) is 0.375. The third-order valence-electron chi connectivity index (χ3n) is 5.90. The summed E-state index contributed by atoms with van der Waals surface area (Å²) in [5, 5.41) is 9.59. The van der Waals surface area contributed by atoms with Crippen molar-refractivity contribution < 1.29 is 19.4 Å². The molecule has 0 radical (unpaired) electrons. The molecule has 0 saturated carbocycles. The lowest BCUT2D eigenvalue weighted by atomic mass is 9.96. The Bertz CT molecular complexity index is 1100. The van der Waals surface area contributed by atoms with Crippen LogP contribution in [0.1, 0.15) is 36.0 Å². The van der Waals surface area contributed by atoms with Crippen molar-refractivity contribution in [2.24, 2.45) is 5.92 Å². The number of hydrogen-bond donors (Lipinski definition) is 1. The van der Waals surface area contributed by atoms with Gasteiger partial charge >= 0.3 is 11.9 Å². The molecule has 162 valence electrons. The number of ether oxygens (including phenoxy) is 1. The molecule has 0 fully saturated rings. The van der Waals surface area contributed by atoms with Gasteiger partial charge in [-0.05, 0) is 41.2 Å².